The van der Waals surface area contributed by atoms with Crippen molar-refractivity contribution in [1.82, 2.24) is 5.32 Å². The molecule has 0 aliphatic rings. The first-order valence-corrected chi connectivity index (χ1v) is 13.9. The van der Waals surface area contributed by atoms with Gasteiger partial charge in [-0.25, -0.2) is 17.6 Å². The van der Waals surface area contributed by atoms with Crippen molar-refractivity contribution in [2.75, 3.05) is 10.6 Å². The lowest BCUT2D eigenvalue weighted by Gasteiger charge is -2.14. The molecule has 3 amide bonds. The van der Waals surface area contributed by atoms with Crippen LogP contribution in [0.4, 0.5) is 34.6 Å². The second-order valence-corrected chi connectivity index (χ2v) is 10.7. The van der Waals surface area contributed by atoms with E-state index in [0.29, 0.717) is 4.90 Å². The quantitative estimate of drug-likeness (QED) is 0.0444. The molecule has 0 bridgehead atoms. The highest BCUT2D eigenvalue weighted by Gasteiger charge is 2.24. The molecule has 0 heterocycles. The van der Waals surface area contributed by atoms with Gasteiger partial charge in [-0.3, -0.25) is 24.5 Å². The average Bonchev–Trinajstić information content (AvgIpc) is 3.03. The number of nitro benzene ring substituents is 1. The highest BCUT2D eigenvalue weighted by molar-refractivity contribution is 8.00. The third-order valence-electron chi connectivity index (χ3n) is 6.12. The fraction of sp³-hybridized carbons (Fsp3) is 0.0645. The number of nitro groups is 1. The Labute approximate surface area is 257 Å². The Morgan fingerprint density at radius 2 is 1.44 bits per heavy atom. The number of hydrogen-bond donors (Lipinski definition) is 3. The highest BCUT2D eigenvalue weighted by Crippen LogP contribution is 2.29. The number of nitrogens with one attached hydrogen (secondary N) is 3. The zero-order valence-corrected chi connectivity index (χ0v) is 24.0. The van der Waals surface area contributed by atoms with Crippen molar-refractivity contribution in [3.63, 3.8) is 0 Å². The third kappa shape index (κ3) is 8.12. The number of carbonyl (C=O) groups is 3. The molecule has 4 aromatic carbocycles. The standard InChI is InChI=1S/C31H22F4N4O5S/c1-17(29(40)38-28-26(34)22(32)16-23(33)27(28)35)45-21-13-11-20(12-14-21)36-31(42)24(37-30(41)18-7-3-2-4-8-18)15-19-9-5-6-10-25(19)39(43)44/h2-17H,1H3,(H,36,42)(H,37,41)(H,38,40)/b24-15-. The predicted octanol–water partition coefficient (Wildman–Crippen LogP) is 6.68. The Kier molecular flexibility index (Phi) is 10.3. The number of anilines is 2. The molecule has 0 aliphatic carbocycles. The maximum absolute atomic E-state index is 13.9. The van der Waals surface area contributed by atoms with Gasteiger partial charge in [0.15, 0.2) is 23.3 Å². The summed E-state index contributed by atoms with van der Waals surface area (Å²) in [6.07, 6.45) is 1.18. The topological polar surface area (TPSA) is 130 Å². The first-order chi connectivity index (χ1) is 21.4. The molecule has 1 atom stereocenters. The summed E-state index contributed by atoms with van der Waals surface area (Å²) in [5, 5.41) is 17.5. The number of hydrogen-bond acceptors (Lipinski definition) is 6. The van der Waals surface area contributed by atoms with E-state index >= 15 is 0 Å². The highest BCUT2D eigenvalue weighted by atomic mass is 32.2. The van der Waals surface area contributed by atoms with Crippen LogP contribution in [0.25, 0.3) is 6.08 Å². The van der Waals surface area contributed by atoms with E-state index in [2.05, 4.69) is 10.6 Å². The SMILES string of the molecule is CC(Sc1ccc(NC(=O)/C(=C/c2ccccc2[N+](=O)[O-])NC(=O)c2ccccc2)cc1)C(=O)Nc1c(F)c(F)cc(F)c1F. The van der Waals surface area contributed by atoms with Gasteiger partial charge in [0.05, 0.1) is 15.7 Å². The van der Waals surface area contributed by atoms with Gasteiger partial charge in [-0.15, -0.1) is 11.8 Å². The summed E-state index contributed by atoms with van der Waals surface area (Å²) in [6.45, 7) is 1.40. The van der Waals surface area contributed by atoms with Crippen LogP contribution in [-0.4, -0.2) is 27.9 Å². The smallest absolute Gasteiger partial charge is 0.276 e. The molecule has 230 valence electrons. The molecule has 0 spiro atoms. The van der Waals surface area contributed by atoms with Crippen LogP contribution in [0.1, 0.15) is 22.8 Å². The van der Waals surface area contributed by atoms with Crippen LogP contribution in [0.15, 0.2) is 95.5 Å². The number of amides is 3. The van der Waals surface area contributed by atoms with E-state index in [1.54, 1.807) is 18.2 Å². The summed E-state index contributed by atoms with van der Waals surface area (Å²) in [5.41, 5.74) is -1.25. The van der Waals surface area contributed by atoms with Crippen molar-refractivity contribution < 1.29 is 36.9 Å². The second-order valence-electron chi connectivity index (χ2n) is 9.27. The van der Waals surface area contributed by atoms with Crippen LogP contribution in [0.2, 0.25) is 0 Å². The Balaban J connectivity index is 1.49. The lowest BCUT2D eigenvalue weighted by molar-refractivity contribution is -0.385. The Morgan fingerprint density at radius 3 is 2.07 bits per heavy atom. The van der Waals surface area contributed by atoms with Crippen molar-refractivity contribution in [2.45, 2.75) is 17.1 Å². The largest absolute Gasteiger partial charge is 0.321 e. The molecule has 0 saturated heterocycles. The minimum absolute atomic E-state index is 0.0281. The Morgan fingerprint density at radius 1 is 0.844 bits per heavy atom. The molecule has 14 heteroatoms. The van der Waals surface area contributed by atoms with E-state index in [0.717, 1.165) is 11.8 Å². The molecular formula is C31H22F4N4O5S. The monoisotopic (exact) mass is 638 g/mol. The number of carbonyl (C=O) groups excluding carboxylic acids is 3. The van der Waals surface area contributed by atoms with E-state index in [1.165, 1.54) is 73.7 Å². The van der Waals surface area contributed by atoms with Gasteiger partial charge >= 0.3 is 0 Å². The molecule has 4 rings (SSSR count). The van der Waals surface area contributed by atoms with Crippen LogP contribution < -0.4 is 16.0 Å². The molecule has 0 aromatic heterocycles. The Bertz CT molecular complexity index is 1780. The normalized spacial score (nSPS) is 11.8. The van der Waals surface area contributed by atoms with E-state index in [-0.39, 0.29) is 34.3 Å². The predicted molar refractivity (Wildman–Crippen MR) is 160 cm³/mol. The van der Waals surface area contributed by atoms with Gasteiger partial charge < -0.3 is 16.0 Å². The number of benzene rings is 4. The summed E-state index contributed by atoms with van der Waals surface area (Å²) in [5.74, 6) is -9.17. The molecule has 0 fully saturated rings. The Hall–Kier alpha value is -5.50. The molecule has 0 aliphatic heterocycles. The van der Waals surface area contributed by atoms with Crippen molar-refractivity contribution in [1.29, 1.82) is 0 Å². The van der Waals surface area contributed by atoms with Gasteiger partial charge in [-0.05, 0) is 55.5 Å². The van der Waals surface area contributed by atoms with Crippen LogP contribution in [0.5, 0.6) is 0 Å². The van der Waals surface area contributed by atoms with Crippen molar-refractivity contribution in [3.8, 4) is 0 Å². The molecular weight excluding hydrogens is 616 g/mol. The van der Waals surface area contributed by atoms with E-state index in [4.69, 9.17) is 0 Å². The van der Waals surface area contributed by atoms with Crippen LogP contribution in [0.3, 0.4) is 0 Å². The maximum Gasteiger partial charge on any atom is 0.276 e. The first-order valence-electron chi connectivity index (χ1n) is 13.0. The lowest BCUT2D eigenvalue weighted by atomic mass is 10.1. The van der Waals surface area contributed by atoms with Crippen LogP contribution in [-0.2, 0) is 9.59 Å². The summed E-state index contributed by atoms with van der Waals surface area (Å²) < 4.78 is 54.8. The maximum atomic E-state index is 13.9. The van der Waals surface area contributed by atoms with Gasteiger partial charge in [0.2, 0.25) is 5.91 Å². The number of rotatable bonds is 10. The summed E-state index contributed by atoms with van der Waals surface area (Å²) >= 11 is 0.948. The lowest BCUT2D eigenvalue weighted by Crippen LogP contribution is -2.30. The zero-order valence-electron chi connectivity index (χ0n) is 23.1. The fourth-order valence-electron chi connectivity index (χ4n) is 3.85. The number of halogens is 4. The summed E-state index contributed by atoms with van der Waals surface area (Å²) in [4.78, 5) is 49.9. The van der Waals surface area contributed by atoms with Crippen molar-refractivity contribution in [3.05, 3.63) is 135 Å². The summed E-state index contributed by atoms with van der Waals surface area (Å²) in [7, 11) is 0. The molecule has 0 saturated carbocycles. The number of para-hydroxylation sites is 1. The minimum atomic E-state index is -1.74. The van der Waals surface area contributed by atoms with E-state index < -0.39 is 56.9 Å². The van der Waals surface area contributed by atoms with Gasteiger partial charge in [0.25, 0.3) is 17.5 Å². The first kappa shape index (κ1) is 32.4. The second kappa shape index (κ2) is 14.3. The van der Waals surface area contributed by atoms with E-state index in [9.17, 15) is 42.1 Å². The summed E-state index contributed by atoms with van der Waals surface area (Å²) in [6, 6.07) is 19.7. The van der Waals surface area contributed by atoms with Crippen LogP contribution in [0, 0.1) is 33.4 Å². The minimum Gasteiger partial charge on any atom is -0.321 e. The zero-order chi connectivity index (χ0) is 32.7. The molecule has 45 heavy (non-hydrogen) atoms. The number of nitrogens with zero attached hydrogens (tertiary/aromatic N) is 1. The fourth-order valence-corrected chi connectivity index (χ4v) is 4.72. The number of thioether (sulfide) groups is 1. The molecule has 4 aromatic rings. The van der Waals surface area contributed by atoms with Crippen molar-refractivity contribution >= 4 is 52.6 Å². The van der Waals surface area contributed by atoms with Gasteiger partial charge in [0.1, 0.15) is 11.4 Å². The van der Waals surface area contributed by atoms with Gasteiger partial charge in [0, 0.05) is 28.3 Å². The average molecular weight is 639 g/mol. The molecule has 9 nitrogen and oxygen atoms in total. The molecule has 1 unspecified atom stereocenters. The van der Waals surface area contributed by atoms with E-state index in [1.807, 2.05) is 5.32 Å². The molecule has 3 N–H and O–H groups in total. The van der Waals surface area contributed by atoms with Gasteiger partial charge in [-0.2, -0.15) is 0 Å². The van der Waals surface area contributed by atoms with Crippen molar-refractivity contribution in [2.24, 2.45) is 0 Å². The molecule has 0 radical (unpaired) electrons. The van der Waals surface area contributed by atoms with Gasteiger partial charge in [-0.1, -0.05) is 30.3 Å². The van der Waals surface area contributed by atoms with Crippen LogP contribution >= 0.6 is 11.8 Å². The third-order valence-corrected chi connectivity index (χ3v) is 7.23.